The molecule has 1 saturated heterocycles. The lowest BCUT2D eigenvalue weighted by atomic mass is 9.94. The molecule has 1 fully saturated rings. The summed E-state index contributed by atoms with van der Waals surface area (Å²) in [7, 11) is 0. The van der Waals surface area contributed by atoms with Gasteiger partial charge in [0.2, 0.25) is 0 Å². The van der Waals surface area contributed by atoms with Gasteiger partial charge in [-0.3, -0.25) is 4.79 Å². The highest BCUT2D eigenvalue weighted by Gasteiger charge is 2.54. The summed E-state index contributed by atoms with van der Waals surface area (Å²) in [6.07, 6.45) is -0.686. The SMILES string of the molecule is CC1=CC(O/C=C2/C(=O)N(C(=O)O)C3Oc4ccccc4C23)OC1=O. The fourth-order valence-corrected chi connectivity index (χ4v) is 3.14. The summed E-state index contributed by atoms with van der Waals surface area (Å²) in [6, 6.07) is 7.02. The van der Waals surface area contributed by atoms with Crippen LogP contribution in [-0.4, -0.2) is 40.5 Å². The quantitative estimate of drug-likeness (QED) is 0.496. The van der Waals surface area contributed by atoms with E-state index >= 15 is 0 Å². The van der Waals surface area contributed by atoms with Crippen molar-refractivity contribution < 1.29 is 33.7 Å². The van der Waals surface area contributed by atoms with Crippen molar-refractivity contribution in [2.24, 2.45) is 0 Å². The van der Waals surface area contributed by atoms with Crippen LogP contribution in [0.5, 0.6) is 5.75 Å². The number of hydrogen-bond donors (Lipinski definition) is 1. The summed E-state index contributed by atoms with van der Waals surface area (Å²) in [5.41, 5.74) is 1.24. The number of benzene rings is 1. The van der Waals surface area contributed by atoms with Crippen LogP contribution in [0, 0.1) is 0 Å². The molecule has 0 radical (unpaired) electrons. The second kappa shape index (κ2) is 5.37. The van der Waals surface area contributed by atoms with Gasteiger partial charge in [0.25, 0.3) is 12.2 Å². The molecule has 0 aliphatic carbocycles. The number of nitrogens with zero attached hydrogens (tertiary/aromatic N) is 1. The minimum absolute atomic E-state index is 0.131. The van der Waals surface area contributed by atoms with Crippen LogP contribution in [0.15, 0.2) is 47.7 Å². The Hall–Kier alpha value is -3.29. The first-order chi connectivity index (χ1) is 12.0. The molecule has 4 rings (SSSR count). The monoisotopic (exact) mass is 343 g/mol. The third-order valence-corrected chi connectivity index (χ3v) is 4.31. The molecular formula is C17H13NO7. The zero-order chi connectivity index (χ0) is 17.7. The van der Waals surface area contributed by atoms with Crippen LogP contribution in [0.1, 0.15) is 18.4 Å². The van der Waals surface area contributed by atoms with Gasteiger partial charge in [-0.1, -0.05) is 18.2 Å². The molecule has 1 aromatic carbocycles. The minimum atomic E-state index is -1.40. The Balaban J connectivity index is 1.68. The van der Waals surface area contributed by atoms with Gasteiger partial charge < -0.3 is 19.3 Å². The molecule has 3 unspecified atom stereocenters. The van der Waals surface area contributed by atoms with Crippen molar-refractivity contribution in [2.45, 2.75) is 25.4 Å². The van der Waals surface area contributed by atoms with E-state index < -0.39 is 36.4 Å². The Morgan fingerprint density at radius 1 is 1.28 bits per heavy atom. The predicted molar refractivity (Wildman–Crippen MR) is 81.3 cm³/mol. The summed E-state index contributed by atoms with van der Waals surface area (Å²) in [4.78, 5) is 36.0. The number of ether oxygens (including phenoxy) is 3. The number of para-hydroxylation sites is 1. The molecule has 1 N–H and O–H groups in total. The van der Waals surface area contributed by atoms with Crippen LogP contribution < -0.4 is 4.74 Å². The van der Waals surface area contributed by atoms with E-state index in [-0.39, 0.29) is 5.57 Å². The number of amides is 2. The highest BCUT2D eigenvalue weighted by Crippen LogP contribution is 2.48. The number of rotatable bonds is 2. The van der Waals surface area contributed by atoms with Crippen LogP contribution in [0.2, 0.25) is 0 Å². The Labute approximate surface area is 141 Å². The number of fused-ring (bicyclic) bond motifs is 3. The summed E-state index contributed by atoms with van der Waals surface area (Å²) in [6.45, 7) is 1.59. The molecule has 0 saturated carbocycles. The summed E-state index contributed by atoms with van der Waals surface area (Å²) < 4.78 is 16.0. The van der Waals surface area contributed by atoms with Gasteiger partial charge in [-0.15, -0.1) is 0 Å². The summed E-state index contributed by atoms with van der Waals surface area (Å²) >= 11 is 0. The third-order valence-electron chi connectivity index (χ3n) is 4.31. The molecule has 2 amide bonds. The van der Waals surface area contributed by atoms with E-state index in [2.05, 4.69) is 0 Å². The summed E-state index contributed by atoms with van der Waals surface area (Å²) in [5.74, 6) is -1.30. The van der Waals surface area contributed by atoms with Crippen molar-refractivity contribution in [3.63, 3.8) is 0 Å². The molecule has 3 aliphatic heterocycles. The van der Waals surface area contributed by atoms with Gasteiger partial charge in [-0.05, 0) is 13.0 Å². The Morgan fingerprint density at radius 3 is 2.72 bits per heavy atom. The van der Waals surface area contributed by atoms with E-state index in [0.717, 1.165) is 6.26 Å². The molecule has 8 nitrogen and oxygen atoms in total. The molecule has 3 heterocycles. The van der Waals surface area contributed by atoms with Gasteiger partial charge in [0.15, 0.2) is 6.23 Å². The van der Waals surface area contributed by atoms with Crippen molar-refractivity contribution in [3.05, 3.63) is 53.3 Å². The van der Waals surface area contributed by atoms with Gasteiger partial charge >= 0.3 is 12.1 Å². The lowest BCUT2D eigenvalue weighted by Crippen LogP contribution is -2.40. The first kappa shape index (κ1) is 15.3. The van der Waals surface area contributed by atoms with E-state index in [0.29, 0.717) is 21.8 Å². The first-order valence-corrected chi connectivity index (χ1v) is 7.54. The number of hydrogen-bond acceptors (Lipinski definition) is 6. The number of carbonyl (C=O) groups excluding carboxylic acids is 2. The van der Waals surface area contributed by atoms with Crippen molar-refractivity contribution in [1.82, 2.24) is 4.90 Å². The first-order valence-electron chi connectivity index (χ1n) is 7.54. The standard InChI is InChI=1S/C17H13NO7/c1-8-6-12(25-16(8)20)23-7-10-13-9-4-2-3-5-11(9)24-15(13)18(14(10)19)17(21)22/h2-7,12-13,15H,1H3,(H,21,22)/b10-7+. The Kier molecular flexibility index (Phi) is 3.28. The second-order valence-electron chi connectivity index (χ2n) is 5.81. The average Bonchev–Trinajstić information content (AvgIpc) is 3.16. The molecule has 0 aromatic heterocycles. The van der Waals surface area contributed by atoms with Gasteiger partial charge in [0.1, 0.15) is 5.75 Å². The van der Waals surface area contributed by atoms with Crippen LogP contribution in [0.3, 0.4) is 0 Å². The predicted octanol–water partition coefficient (Wildman–Crippen LogP) is 1.74. The molecule has 0 bridgehead atoms. The maximum atomic E-state index is 12.5. The highest BCUT2D eigenvalue weighted by molar-refractivity contribution is 6.06. The number of esters is 1. The summed E-state index contributed by atoms with van der Waals surface area (Å²) in [5, 5.41) is 9.35. The van der Waals surface area contributed by atoms with Crippen molar-refractivity contribution in [1.29, 1.82) is 0 Å². The molecule has 3 atom stereocenters. The number of cyclic esters (lactones) is 1. The molecule has 1 aromatic rings. The zero-order valence-corrected chi connectivity index (χ0v) is 13.0. The third kappa shape index (κ3) is 2.25. The Morgan fingerprint density at radius 2 is 2.04 bits per heavy atom. The van der Waals surface area contributed by atoms with E-state index in [1.54, 1.807) is 31.2 Å². The lowest BCUT2D eigenvalue weighted by molar-refractivity contribution is -0.152. The van der Waals surface area contributed by atoms with E-state index in [1.807, 2.05) is 0 Å². The fraction of sp³-hybridized carbons (Fsp3) is 0.235. The zero-order valence-electron chi connectivity index (χ0n) is 13.0. The lowest BCUT2D eigenvalue weighted by Gasteiger charge is -2.17. The van der Waals surface area contributed by atoms with Crippen LogP contribution in [0.4, 0.5) is 4.79 Å². The van der Waals surface area contributed by atoms with Gasteiger partial charge in [0.05, 0.1) is 17.8 Å². The van der Waals surface area contributed by atoms with E-state index in [4.69, 9.17) is 14.2 Å². The Bertz CT molecular complexity index is 856. The largest absolute Gasteiger partial charge is 0.469 e. The molecule has 128 valence electrons. The van der Waals surface area contributed by atoms with Gasteiger partial charge in [-0.25, -0.2) is 14.5 Å². The highest BCUT2D eigenvalue weighted by atomic mass is 16.7. The molecular weight excluding hydrogens is 330 g/mol. The normalized spacial score (nSPS) is 28.4. The van der Waals surface area contributed by atoms with Crippen LogP contribution in [-0.2, 0) is 19.1 Å². The van der Waals surface area contributed by atoms with E-state index in [1.165, 1.54) is 6.08 Å². The number of likely N-dealkylation sites (tertiary alicyclic amines) is 1. The molecule has 3 aliphatic rings. The maximum Gasteiger partial charge on any atom is 0.417 e. The smallest absolute Gasteiger partial charge is 0.417 e. The van der Waals surface area contributed by atoms with Gasteiger partial charge in [-0.2, -0.15) is 0 Å². The van der Waals surface area contributed by atoms with Crippen molar-refractivity contribution >= 4 is 18.0 Å². The molecule has 8 heteroatoms. The van der Waals surface area contributed by atoms with Crippen LogP contribution >= 0.6 is 0 Å². The van der Waals surface area contributed by atoms with Gasteiger partial charge in [0, 0.05) is 17.2 Å². The van der Waals surface area contributed by atoms with E-state index in [9.17, 15) is 19.5 Å². The van der Waals surface area contributed by atoms with Crippen LogP contribution in [0.25, 0.3) is 0 Å². The number of carboxylic acid groups (broad SMARTS) is 1. The minimum Gasteiger partial charge on any atom is -0.469 e. The maximum absolute atomic E-state index is 12.5. The number of imide groups is 1. The topological polar surface area (TPSA) is 102 Å². The average molecular weight is 343 g/mol. The second-order valence-corrected chi connectivity index (χ2v) is 5.81. The van der Waals surface area contributed by atoms with Crippen molar-refractivity contribution in [3.8, 4) is 5.75 Å². The molecule has 0 spiro atoms. The number of carbonyl (C=O) groups is 3. The van der Waals surface area contributed by atoms with Crippen molar-refractivity contribution in [2.75, 3.05) is 0 Å². The fourth-order valence-electron chi connectivity index (χ4n) is 3.14. The molecule has 25 heavy (non-hydrogen) atoms.